The summed E-state index contributed by atoms with van der Waals surface area (Å²) in [7, 11) is 0. The van der Waals surface area contributed by atoms with Gasteiger partial charge in [0.2, 0.25) is 0 Å². The van der Waals surface area contributed by atoms with E-state index in [4.69, 9.17) is 24.9 Å². The van der Waals surface area contributed by atoms with Gasteiger partial charge in [0, 0.05) is 61.2 Å². The van der Waals surface area contributed by atoms with Gasteiger partial charge >= 0.3 is 42.1 Å². The van der Waals surface area contributed by atoms with Gasteiger partial charge in [-0.3, -0.25) is 9.97 Å². The molecule has 68 heavy (non-hydrogen) atoms. The second-order valence-electron chi connectivity index (χ2n) is 20.7. The molecule has 0 N–H and O–H groups in total. The van der Waals surface area contributed by atoms with Crippen LogP contribution in [0.5, 0.6) is 0 Å². The molecule has 0 saturated heterocycles. The molecule has 350 valence electrons. The van der Waals surface area contributed by atoms with Crippen LogP contribution in [0.25, 0.3) is 33.9 Å². The molecule has 0 radical (unpaired) electrons. The van der Waals surface area contributed by atoms with Crippen molar-refractivity contribution in [2.45, 2.75) is 123 Å². The molecule has 7 heterocycles. The number of fused-ring (bicyclic) bond motifs is 19. The molecule has 8 aromatic rings. The van der Waals surface area contributed by atoms with E-state index in [9.17, 15) is 0 Å². The summed E-state index contributed by atoms with van der Waals surface area (Å²) >= 11 is 0. The molecule has 0 spiro atoms. The van der Waals surface area contributed by atoms with Crippen LogP contribution in [0, 0.1) is 18.2 Å². The largest absolute Gasteiger partial charge is 2.00 e. The fraction of sp³-hybridized carbons (Fsp3) is 0.311. The molecular formula is C61H61N5Pt2. The molecule has 0 unspecified atom stereocenters. The Labute approximate surface area is 434 Å². The number of hydrogen-bond donors (Lipinski definition) is 0. The van der Waals surface area contributed by atoms with Gasteiger partial charge in [0.25, 0.3) is 0 Å². The molecular weight excluding hydrogens is 1190 g/mol. The Kier molecular flexibility index (Phi) is 14.2. The minimum absolute atomic E-state index is 0. The molecule has 5 nitrogen and oxygen atoms in total. The summed E-state index contributed by atoms with van der Waals surface area (Å²) < 4.78 is 0. The third-order valence-corrected chi connectivity index (χ3v) is 14.5. The molecule has 2 aliphatic rings. The van der Waals surface area contributed by atoms with Crippen molar-refractivity contribution < 1.29 is 42.1 Å². The SMILES string of the molecule is CC1(C)c2[c-]c(ccc2)C(C)(C)c2cccc(n2)C(C)(C)c2[c-]c(ccc2)-c2cccc1n2.CCc1c2[n-]c(c1CC)C(C)(C)c1cccc(n1)-c1[c-]c(ccc1)C(C)(C)c1cccc-2n1.[Pt+2].[Pt+2]. The van der Waals surface area contributed by atoms with Crippen molar-refractivity contribution in [2.24, 2.45) is 0 Å². The predicted molar refractivity (Wildman–Crippen MR) is 269 cm³/mol. The van der Waals surface area contributed by atoms with Gasteiger partial charge in [-0.1, -0.05) is 131 Å². The second-order valence-corrected chi connectivity index (χ2v) is 20.7. The van der Waals surface area contributed by atoms with Gasteiger partial charge in [-0.25, -0.2) is 0 Å². The molecule has 7 heteroatoms. The number of hydrogen-bond acceptors (Lipinski definition) is 4. The Balaban J connectivity index is 0.000000196. The summed E-state index contributed by atoms with van der Waals surface area (Å²) in [5.74, 6) is 0. The Morgan fingerprint density at radius 1 is 0.368 bits per heavy atom. The smallest absolute Gasteiger partial charge is 0.658 e. The molecule has 0 fully saturated rings. The monoisotopic (exact) mass is 1250 g/mol. The zero-order valence-corrected chi connectivity index (χ0v) is 46.0. The molecule has 10 rings (SSSR count). The van der Waals surface area contributed by atoms with Crippen LogP contribution in [-0.2, 0) is 82.0 Å². The van der Waals surface area contributed by atoms with Crippen LogP contribution >= 0.6 is 0 Å². The van der Waals surface area contributed by atoms with Crippen molar-refractivity contribution >= 4 is 0 Å². The molecule has 2 aliphatic heterocycles. The first-order valence-corrected chi connectivity index (χ1v) is 23.6. The molecule has 5 aromatic heterocycles. The first kappa shape index (κ1) is 50.8. The summed E-state index contributed by atoms with van der Waals surface area (Å²) in [5.41, 5.74) is 17.7. The van der Waals surface area contributed by atoms with Crippen LogP contribution in [0.4, 0.5) is 0 Å². The van der Waals surface area contributed by atoms with E-state index in [0.717, 1.165) is 103 Å². The van der Waals surface area contributed by atoms with Crippen LogP contribution in [0.2, 0.25) is 0 Å². The summed E-state index contributed by atoms with van der Waals surface area (Å²) in [4.78, 5) is 25.9. The van der Waals surface area contributed by atoms with Crippen molar-refractivity contribution in [3.8, 4) is 33.9 Å². The normalized spacial score (nSPS) is 16.1. The Bertz CT molecular complexity index is 3010. The quantitative estimate of drug-likeness (QED) is 0.161. The number of benzene rings is 3. The fourth-order valence-corrected chi connectivity index (χ4v) is 9.77. The van der Waals surface area contributed by atoms with Gasteiger partial charge in [0.1, 0.15) is 0 Å². The minimum Gasteiger partial charge on any atom is -0.658 e. The Morgan fingerprint density at radius 2 is 0.691 bits per heavy atom. The zero-order chi connectivity index (χ0) is 46.8. The van der Waals surface area contributed by atoms with Crippen LogP contribution in [0.15, 0.2) is 127 Å². The van der Waals surface area contributed by atoms with Gasteiger partial charge in [-0.2, -0.15) is 35.4 Å². The molecule has 3 aromatic carbocycles. The van der Waals surface area contributed by atoms with E-state index < -0.39 is 0 Å². The average molecular weight is 1250 g/mol. The average Bonchev–Trinajstić information content (AvgIpc) is 3.74. The van der Waals surface area contributed by atoms with Crippen LogP contribution < -0.4 is 4.98 Å². The van der Waals surface area contributed by atoms with Crippen molar-refractivity contribution in [1.29, 1.82) is 0 Å². The van der Waals surface area contributed by atoms with E-state index in [-0.39, 0.29) is 69.2 Å². The molecule has 0 aliphatic carbocycles. The van der Waals surface area contributed by atoms with Crippen LogP contribution in [0.1, 0.15) is 151 Å². The topological polar surface area (TPSA) is 65.7 Å². The summed E-state index contributed by atoms with van der Waals surface area (Å²) in [5, 5.41) is 0. The van der Waals surface area contributed by atoms with E-state index in [0.29, 0.717) is 0 Å². The standard InChI is InChI=1S/C31H30N2.C30H31N3.2Pt/c1-29(2)22-12-7-11-21(19-22)25-15-9-16-26(32-25)30(3,4)23-13-8-14-24(20-23)31(5,6)28-18-10-17-27(29)33-28;1-7-21-22(8-2)28-30(5,6)26-17-10-14-23(31-26)19-12-9-13-20(18-19)29(3,4)25-16-11-15-24(32-25)27(21)33-28;;/h7-18H,1-6H3;9-17H,7-8H2,1-6H3;;/q2*-2;2*+2. The molecule has 0 atom stereocenters. The summed E-state index contributed by atoms with van der Waals surface area (Å²) in [6.45, 7) is 26.7. The molecule has 16 bridgehead atoms. The third-order valence-electron chi connectivity index (χ3n) is 14.5. The molecule has 0 amide bonds. The van der Waals surface area contributed by atoms with Gasteiger partial charge in [0.15, 0.2) is 0 Å². The van der Waals surface area contributed by atoms with E-state index >= 15 is 0 Å². The maximum atomic E-state index is 5.29. The van der Waals surface area contributed by atoms with Gasteiger partial charge in [-0.05, 0) is 60.6 Å². The van der Waals surface area contributed by atoms with Gasteiger partial charge in [-0.15, -0.1) is 82.2 Å². The maximum absolute atomic E-state index is 5.29. The number of nitrogens with zero attached hydrogens (tertiary/aromatic N) is 5. The van der Waals surface area contributed by atoms with Gasteiger partial charge < -0.3 is 15.0 Å². The first-order valence-electron chi connectivity index (χ1n) is 23.6. The van der Waals surface area contributed by atoms with Crippen molar-refractivity contribution in [1.82, 2.24) is 24.9 Å². The van der Waals surface area contributed by atoms with E-state index in [1.54, 1.807) is 0 Å². The first-order chi connectivity index (χ1) is 31.4. The van der Waals surface area contributed by atoms with Gasteiger partial charge in [0.05, 0.1) is 0 Å². The Hall–Kier alpha value is -5.08. The van der Waals surface area contributed by atoms with Crippen molar-refractivity contribution in [2.75, 3.05) is 0 Å². The van der Waals surface area contributed by atoms with E-state index in [2.05, 4.69) is 229 Å². The summed E-state index contributed by atoms with van der Waals surface area (Å²) in [6.07, 6.45) is 1.87. The Morgan fingerprint density at radius 3 is 1.12 bits per heavy atom. The predicted octanol–water partition coefficient (Wildman–Crippen LogP) is 13.7. The summed E-state index contributed by atoms with van der Waals surface area (Å²) in [6, 6.07) is 55.5. The second kappa shape index (κ2) is 19.0. The minimum atomic E-state index is -0.331. The van der Waals surface area contributed by atoms with E-state index in [1.165, 1.54) is 11.1 Å². The number of pyridine rings is 4. The third kappa shape index (κ3) is 8.88. The van der Waals surface area contributed by atoms with Crippen LogP contribution in [-0.4, -0.2) is 19.9 Å². The molecule has 0 saturated carbocycles. The zero-order valence-electron chi connectivity index (χ0n) is 41.4. The fourth-order valence-electron chi connectivity index (χ4n) is 9.77. The number of aromatic nitrogens is 5. The maximum Gasteiger partial charge on any atom is 2.00 e. The van der Waals surface area contributed by atoms with E-state index in [1.807, 2.05) is 0 Å². The van der Waals surface area contributed by atoms with Crippen LogP contribution in [0.3, 0.4) is 0 Å². The number of rotatable bonds is 2. The van der Waals surface area contributed by atoms with Crippen molar-refractivity contribution in [3.63, 3.8) is 0 Å². The van der Waals surface area contributed by atoms with Crippen molar-refractivity contribution in [3.05, 3.63) is 213 Å².